The second-order valence-electron chi connectivity index (χ2n) is 5.24. The Morgan fingerprint density at radius 1 is 1.20 bits per heavy atom. The summed E-state index contributed by atoms with van der Waals surface area (Å²) in [6, 6.07) is 8.77. The Hall–Kier alpha value is -1.78. The molecule has 0 spiro atoms. The minimum absolute atomic E-state index is 0.262. The van der Waals surface area contributed by atoms with E-state index in [0.717, 1.165) is 30.8 Å². The fourth-order valence-electron chi connectivity index (χ4n) is 2.77. The van der Waals surface area contributed by atoms with Crippen LogP contribution in [-0.4, -0.2) is 39.2 Å². The molecule has 0 bridgehead atoms. The molecule has 1 atom stereocenters. The Labute approximate surface area is 119 Å². The molecule has 20 heavy (non-hydrogen) atoms. The third-order valence-electron chi connectivity index (χ3n) is 3.91. The van der Waals surface area contributed by atoms with Gasteiger partial charge in [-0.25, -0.2) is 0 Å². The molecule has 0 aliphatic carbocycles. The fourth-order valence-corrected chi connectivity index (χ4v) is 2.77. The standard InChI is InChI=1S/C16H19N3O/c20-12-15-2-1-9-19(15)11-13-3-5-14(6-4-13)16-10-17-7-8-18-16/h3-8,10,15,20H,1-2,9,11-12H2/t15-/m0/s1. The summed E-state index contributed by atoms with van der Waals surface area (Å²) in [5.74, 6) is 0. The first-order chi connectivity index (χ1) is 9.86. The van der Waals surface area contributed by atoms with E-state index in [4.69, 9.17) is 0 Å². The quantitative estimate of drug-likeness (QED) is 0.923. The maximum absolute atomic E-state index is 9.35. The molecule has 3 rings (SSSR count). The highest BCUT2D eigenvalue weighted by molar-refractivity contribution is 5.58. The summed E-state index contributed by atoms with van der Waals surface area (Å²) < 4.78 is 0. The van der Waals surface area contributed by atoms with Crippen molar-refractivity contribution < 1.29 is 5.11 Å². The van der Waals surface area contributed by atoms with Crippen LogP contribution in [0.5, 0.6) is 0 Å². The molecule has 1 fully saturated rings. The summed E-state index contributed by atoms with van der Waals surface area (Å²) in [6.45, 7) is 2.25. The Kier molecular flexibility index (Phi) is 4.04. The van der Waals surface area contributed by atoms with Crippen molar-refractivity contribution in [3.8, 4) is 11.3 Å². The summed E-state index contributed by atoms with van der Waals surface area (Å²) in [6.07, 6.45) is 7.45. The first-order valence-electron chi connectivity index (χ1n) is 7.07. The number of aromatic nitrogens is 2. The average Bonchev–Trinajstić information content (AvgIpc) is 2.96. The second-order valence-corrected chi connectivity index (χ2v) is 5.24. The molecule has 1 aromatic heterocycles. The van der Waals surface area contributed by atoms with Crippen LogP contribution in [0.1, 0.15) is 18.4 Å². The second kappa shape index (κ2) is 6.11. The number of rotatable bonds is 4. The van der Waals surface area contributed by atoms with E-state index in [1.807, 2.05) is 0 Å². The van der Waals surface area contributed by atoms with Gasteiger partial charge < -0.3 is 5.11 Å². The van der Waals surface area contributed by atoms with Crippen molar-refractivity contribution in [3.05, 3.63) is 48.4 Å². The monoisotopic (exact) mass is 269 g/mol. The van der Waals surface area contributed by atoms with Gasteiger partial charge in [0.25, 0.3) is 0 Å². The van der Waals surface area contributed by atoms with Gasteiger partial charge in [-0.2, -0.15) is 0 Å². The van der Waals surface area contributed by atoms with Gasteiger partial charge in [-0.15, -0.1) is 0 Å². The molecule has 0 amide bonds. The Morgan fingerprint density at radius 2 is 2.05 bits per heavy atom. The molecule has 2 heterocycles. The number of likely N-dealkylation sites (tertiary alicyclic amines) is 1. The fraction of sp³-hybridized carbons (Fsp3) is 0.375. The summed E-state index contributed by atoms with van der Waals surface area (Å²) in [5.41, 5.74) is 3.26. The lowest BCUT2D eigenvalue weighted by Gasteiger charge is -2.22. The molecule has 1 aromatic carbocycles. The van der Waals surface area contributed by atoms with E-state index in [9.17, 15) is 5.11 Å². The molecule has 4 heteroatoms. The van der Waals surface area contributed by atoms with Crippen LogP contribution in [0, 0.1) is 0 Å². The number of benzene rings is 1. The van der Waals surface area contributed by atoms with E-state index in [1.165, 1.54) is 12.0 Å². The molecule has 4 nitrogen and oxygen atoms in total. The molecule has 0 saturated carbocycles. The highest BCUT2D eigenvalue weighted by Crippen LogP contribution is 2.21. The topological polar surface area (TPSA) is 49.2 Å². The van der Waals surface area contributed by atoms with Gasteiger partial charge in [0.2, 0.25) is 0 Å². The third kappa shape index (κ3) is 2.86. The molecular weight excluding hydrogens is 250 g/mol. The Balaban J connectivity index is 1.70. The molecule has 0 unspecified atom stereocenters. The zero-order valence-electron chi connectivity index (χ0n) is 11.4. The van der Waals surface area contributed by atoms with Crippen LogP contribution in [0.2, 0.25) is 0 Å². The van der Waals surface area contributed by atoms with Gasteiger partial charge in [0.15, 0.2) is 0 Å². The molecular formula is C16H19N3O. The number of nitrogens with zero attached hydrogens (tertiary/aromatic N) is 3. The minimum atomic E-state index is 0.262. The minimum Gasteiger partial charge on any atom is -0.395 e. The normalized spacial score (nSPS) is 19.4. The molecule has 1 aliphatic rings. The third-order valence-corrected chi connectivity index (χ3v) is 3.91. The number of hydrogen-bond acceptors (Lipinski definition) is 4. The van der Waals surface area contributed by atoms with Crippen LogP contribution in [0.3, 0.4) is 0 Å². The van der Waals surface area contributed by atoms with Crippen molar-refractivity contribution >= 4 is 0 Å². The number of aliphatic hydroxyl groups is 1. The maximum atomic E-state index is 9.35. The van der Waals surface area contributed by atoms with Crippen molar-refractivity contribution in [2.24, 2.45) is 0 Å². The van der Waals surface area contributed by atoms with Gasteiger partial charge in [-0.3, -0.25) is 14.9 Å². The smallest absolute Gasteiger partial charge is 0.0885 e. The maximum Gasteiger partial charge on any atom is 0.0885 e. The van der Waals surface area contributed by atoms with Crippen molar-refractivity contribution in [3.63, 3.8) is 0 Å². The van der Waals surface area contributed by atoms with Crippen molar-refractivity contribution in [2.75, 3.05) is 13.2 Å². The molecule has 1 saturated heterocycles. The van der Waals surface area contributed by atoms with Gasteiger partial charge in [0, 0.05) is 30.5 Å². The lowest BCUT2D eigenvalue weighted by Crippen LogP contribution is -2.31. The van der Waals surface area contributed by atoms with Gasteiger partial charge in [-0.05, 0) is 24.9 Å². The Morgan fingerprint density at radius 3 is 2.75 bits per heavy atom. The van der Waals surface area contributed by atoms with Crippen molar-refractivity contribution in [1.29, 1.82) is 0 Å². The highest BCUT2D eigenvalue weighted by atomic mass is 16.3. The first kappa shape index (κ1) is 13.2. The van der Waals surface area contributed by atoms with E-state index >= 15 is 0 Å². The summed E-state index contributed by atoms with van der Waals surface area (Å²) >= 11 is 0. The zero-order chi connectivity index (χ0) is 13.8. The lowest BCUT2D eigenvalue weighted by molar-refractivity contribution is 0.153. The van der Waals surface area contributed by atoms with E-state index < -0.39 is 0 Å². The molecule has 104 valence electrons. The molecule has 1 N–H and O–H groups in total. The summed E-state index contributed by atoms with van der Waals surface area (Å²) in [4.78, 5) is 10.7. The van der Waals surface area contributed by atoms with Crippen molar-refractivity contribution in [1.82, 2.24) is 14.9 Å². The SMILES string of the molecule is OC[C@@H]1CCCN1Cc1ccc(-c2cnccn2)cc1. The number of hydrogen-bond donors (Lipinski definition) is 1. The van der Waals surface area contributed by atoms with Crippen LogP contribution in [-0.2, 0) is 6.54 Å². The van der Waals surface area contributed by atoms with Crippen LogP contribution in [0.4, 0.5) is 0 Å². The highest BCUT2D eigenvalue weighted by Gasteiger charge is 2.23. The number of aliphatic hydroxyl groups excluding tert-OH is 1. The molecule has 1 aliphatic heterocycles. The van der Waals surface area contributed by atoms with E-state index in [1.54, 1.807) is 18.6 Å². The van der Waals surface area contributed by atoms with Gasteiger partial charge >= 0.3 is 0 Å². The van der Waals surface area contributed by atoms with Crippen LogP contribution >= 0.6 is 0 Å². The van der Waals surface area contributed by atoms with Crippen LogP contribution in [0.15, 0.2) is 42.9 Å². The molecule has 2 aromatic rings. The van der Waals surface area contributed by atoms with Crippen LogP contribution in [0.25, 0.3) is 11.3 Å². The van der Waals surface area contributed by atoms with Gasteiger partial charge in [-0.1, -0.05) is 24.3 Å². The summed E-state index contributed by atoms with van der Waals surface area (Å²) in [7, 11) is 0. The summed E-state index contributed by atoms with van der Waals surface area (Å²) in [5, 5.41) is 9.35. The zero-order valence-corrected chi connectivity index (χ0v) is 11.4. The van der Waals surface area contributed by atoms with Crippen molar-refractivity contribution in [2.45, 2.75) is 25.4 Å². The predicted molar refractivity (Wildman–Crippen MR) is 78.0 cm³/mol. The predicted octanol–water partition coefficient (Wildman–Crippen LogP) is 2.10. The van der Waals surface area contributed by atoms with E-state index in [0.29, 0.717) is 6.04 Å². The average molecular weight is 269 g/mol. The largest absolute Gasteiger partial charge is 0.395 e. The van der Waals surface area contributed by atoms with Gasteiger partial charge in [0.1, 0.15) is 0 Å². The van der Waals surface area contributed by atoms with E-state index in [-0.39, 0.29) is 6.61 Å². The van der Waals surface area contributed by atoms with Crippen LogP contribution < -0.4 is 0 Å². The molecule has 0 radical (unpaired) electrons. The van der Waals surface area contributed by atoms with E-state index in [2.05, 4.69) is 39.1 Å². The first-order valence-corrected chi connectivity index (χ1v) is 7.07. The lowest BCUT2D eigenvalue weighted by atomic mass is 10.1. The van der Waals surface area contributed by atoms with Gasteiger partial charge in [0.05, 0.1) is 18.5 Å². The Bertz CT molecular complexity index is 541.